The molecule has 1 amide bonds. The van der Waals surface area contributed by atoms with Crippen molar-refractivity contribution in [1.29, 1.82) is 0 Å². The van der Waals surface area contributed by atoms with Crippen LogP contribution in [0.15, 0.2) is 41.1 Å². The average molecular weight is 366 g/mol. The number of rotatable bonds is 5. The normalized spacial score (nSPS) is 14.6. The van der Waals surface area contributed by atoms with E-state index >= 15 is 0 Å². The lowest BCUT2D eigenvalue weighted by Crippen LogP contribution is -2.35. The van der Waals surface area contributed by atoms with Gasteiger partial charge in [-0.25, -0.2) is 0 Å². The van der Waals surface area contributed by atoms with Crippen LogP contribution in [0.25, 0.3) is 10.9 Å². The fourth-order valence-corrected chi connectivity index (χ4v) is 4.52. The molecule has 0 saturated carbocycles. The lowest BCUT2D eigenvalue weighted by atomic mass is 10.0. The summed E-state index contributed by atoms with van der Waals surface area (Å²) in [4.78, 5) is 20.1. The van der Waals surface area contributed by atoms with Crippen LogP contribution in [0.1, 0.15) is 39.6 Å². The maximum absolute atomic E-state index is 13.2. The molecule has 0 bridgehead atoms. The van der Waals surface area contributed by atoms with E-state index in [-0.39, 0.29) is 11.9 Å². The molecule has 0 saturated heterocycles. The van der Waals surface area contributed by atoms with Crippen LogP contribution in [0.4, 0.5) is 0 Å². The molecular weight excluding hydrogens is 342 g/mol. The van der Waals surface area contributed by atoms with Gasteiger partial charge in [0.25, 0.3) is 5.91 Å². The Morgan fingerprint density at radius 3 is 2.88 bits per heavy atom. The van der Waals surface area contributed by atoms with Crippen LogP contribution in [0, 0.1) is 0 Å². The summed E-state index contributed by atoms with van der Waals surface area (Å²) in [6.07, 6.45) is 2.99. The second-order valence-electron chi connectivity index (χ2n) is 7.03. The number of benzene rings is 1. The number of amides is 1. The number of aryl methyl sites for hydroxylation is 1. The van der Waals surface area contributed by atoms with Gasteiger partial charge in [0.2, 0.25) is 0 Å². The van der Waals surface area contributed by atoms with Gasteiger partial charge in [-0.15, -0.1) is 0 Å². The van der Waals surface area contributed by atoms with Crippen molar-refractivity contribution in [2.45, 2.75) is 25.3 Å². The summed E-state index contributed by atoms with van der Waals surface area (Å²) in [6.45, 7) is 0.591. The van der Waals surface area contributed by atoms with Crippen molar-refractivity contribution in [2.24, 2.45) is 0 Å². The number of nitrogens with one attached hydrogen (secondary N) is 1. The molecule has 0 radical (unpaired) electrons. The highest BCUT2D eigenvalue weighted by Crippen LogP contribution is 2.30. The topological polar surface area (TPSA) is 45.2 Å². The average Bonchev–Trinajstić information content (AvgIpc) is 3.30. The molecule has 1 N–H and O–H groups in total. The highest BCUT2D eigenvalue weighted by Gasteiger charge is 2.24. The summed E-state index contributed by atoms with van der Waals surface area (Å²) in [6, 6.07) is 10.3. The predicted octanol–water partition coefficient (Wildman–Crippen LogP) is 3.82. The van der Waals surface area contributed by atoms with Crippen LogP contribution >= 0.6 is 11.3 Å². The van der Waals surface area contributed by atoms with Crippen LogP contribution in [-0.2, 0) is 12.8 Å². The molecule has 134 valence electrons. The van der Waals surface area contributed by atoms with E-state index in [0.29, 0.717) is 6.54 Å². The molecule has 0 aliphatic heterocycles. The summed E-state index contributed by atoms with van der Waals surface area (Å²) in [5, 5.41) is 8.38. The molecule has 4 rings (SSSR count). The summed E-state index contributed by atoms with van der Waals surface area (Å²) in [5.41, 5.74) is 5.21. The first kappa shape index (κ1) is 17.2. The quantitative estimate of drug-likeness (QED) is 0.748. The van der Waals surface area contributed by atoms with E-state index in [1.165, 1.54) is 5.56 Å². The van der Waals surface area contributed by atoms with Gasteiger partial charge in [-0.05, 0) is 67.4 Å². The zero-order valence-corrected chi connectivity index (χ0v) is 16.0. The third-order valence-electron chi connectivity index (χ3n) is 5.15. The van der Waals surface area contributed by atoms with Gasteiger partial charge in [0.05, 0.1) is 17.1 Å². The summed E-state index contributed by atoms with van der Waals surface area (Å²) < 4.78 is 0. The number of pyridine rings is 1. The number of hydrogen-bond acceptors (Lipinski definition) is 4. The fraction of sp³-hybridized carbons (Fsp3) is 0.333. The van der Waals surface area contributed by atoms with Crippen molar-refractivity contribution in [3.63, 3.8) is 0 Å². The van der Waals surface area contributed by atoms with Crippen molar-refractivity contribution < 1.29 is 4.79 Å². The van der Waals surface area contributed by atoms with Crippen molar-refractivity contribution in [2.75, 3.05) is 20.6 Å². The monoisotopic (exact) mass is 365 g/mol. The van der Waals surface area contributed by atoms with Gasteiger partial charge in [-0.2, -0.15) is 11.3 Å². The van der Waals surface area contributed by atoms with Gasteiger partial charge in [0.1, 0.15) is 0 Å². The zero-order valence-electron chi connectivity index (χ0n) is 15.2. The molecule has 3 aromatic rings. The smallest absolute Gasteiger partial charge is 0.252 e. The van der Waals surface area contributed by atoms with Gasteiger partial charge in [-0.1, -0.05) is 18.2 Å². The van der Waals surface area contributed by atoms with Gasteiger partial charge in [0, 0.05) is 17.6 Å². The number of para-hydroxylation sites is 1. The molecule has 1 unspecified atom stereocenters. The molecule has 1 aliphatic rings. The molecule has 26 heavy (non-hydrogen) atoms. The van der Waals surface area contributed by atoms with E-state index < -0.39 is 0 Å². The first-order valence-corrected chi connectivity index (χ1v) is 9.96. The maximum atomic E-state index is 13.2. The van der Waals surface area contributed by atoms with Crippen LogP contribution in [0.5, 0.6) is 0 Å². The fourth-order valence-electron chi connectivity index (χ4n) is 3.81. The van der Waals surface area contributed by atoms with Crippen LogP contribution in [0.3, 0.4) is 0 Å². The molecule has 1 aromatic carbocycles. The summed E-state index contributed by atoms with van der Waals surface area (Å²) in [7, 11) is 4.10. The number of carbonyl (C=O) groups is 1. The Kier molecular flexibility index (Phi) is 4.74. The maximum Gasteiger partial charge on any atom is 0.252 e. The van der Waals surface area contributed by atoms with E-state index in [9.17, 15) is 4.79 Å². The van der Waals surface area contributed by atoms with Gasteiger partial charge in [-0.3, -0.25) is 9.78 Å². The van der Waals surface area contributed by atoms with Crippen LogP contribution < -0.4 is 5.32 Å². The highest BCUT2D eigenvalue weighted by molar-refractivity contribution is 7.07. The second kappa shape index (κ2) is 7.17. The van der Waals surface area contributed by atoms with E-state index in [0.717, 1.165) is 47.0 Å². The minimum Gasteiger partial charge on any atom is -0.350 e. The third kappa shape index (κ3) is 3.13. The standard InChI is InChI=1S/C21H23N3OS/c1-24(2)19(14-10-11-26-13-14)12-22-21(25)20-15-6-3-4-8-17(15)23-18-9-5-7-16(18)20/h3-4,6,8,10-11,13,19H,5,7,9,12H2,1-2H3,(H,22,25). The third-order valence-corrected chi connectivity index (χ3v) is 5.86. The number of hydrogen-bond donors (Lipinski definition) is 1. The minimum atomic E-state index is 0.0174. The summed E-state index contributed by atoms with van der Waals surface area (Å²) >= 11 is 1.69. The van der Waals surface area contributed by atoms with E-state index in [4.69, 9.17) is 4.98 Å². The Morgan fingerprint density at radius 2 is 2.12 bits per heavy atom. The Balaban J connectivity index is 1.64. The molecule has 2 aromatic heterocycles. The molecule has 1 atom stereocenters. The highest BCUT2D eigenvalue weighted by atomic mass is 32.1. The van der Waals surface area contributed by atoms with Gasteiger partial charge < -0.3 is 10.2 Å². The van der Waals surface area contributed by atoms with Crippen molar-refractivity contribution in [3.05, 3.63) is 63.5 Å². The summed E-state index contributed by atoms with van der Waals surface area (Å²) in [5.74, 6) is 0.0174. The van der Waals surface area contributed by atoms with Gasteiger partial charge in [0.15, 0.2) is 0 Å². The molecule has 1 aliphatic carbocycles. The number of aromatic nitrogens is 1. The number of nitrogens with zero attached hydrogens (tertiary/aromatic N) is 2. The Bertz CT molecular complexity index is 934. The molecule has 2 heterocycles. The first-order valence-electron chi connectivity index (χ1n) is 9.02. The number of carbonyl (C=O) groups excluding carboxylic acids is 1. The van der Waals surface area contributed by atoms with E-state index in [1.54, 1.807) is 11.3 Å². The second-order valence-corrected chi connectivity index (χ2v) is 7.81. The Morgan fingerprint density at radius 1 is 1.27 bits per heavy atom. The van der Waals surface area contributed by atoms with Crippen molar-refractivity contribution in [1.82, 2.24) is 15.2 Å². The molecule has 0 fully saturated rings. The SMILES string of the molecule is CN(C)C(CNC(=O)c1c2c(nc3ccccc13)CCC2)c1ccsc1. The zero-order chi connectivity index (χ0) is 18.1. The van der Waals surface area contributed by atoms with Crippen molar-refractivity contribution >= 4 is 28.1 Å². The van der Waals surface area contributed by atoms with Crippen LogP contribution in [-0.4, -0.2) is 36.4 Å². The molecular formula is C21H23N3OS. The van der Waals surface area contributed by atoms with E-state index in [2.05, 4.69) is 27.0 Å². The minimum absolute atomic E-state index is 0.0174. The van der Waals surface area contributed by atoms with Gasteiger partial charge >= 0.3 is 0 Å². The number of likely N-dealkylation sites (N-methyl/N-ethyl adjacent to an activating group) is 1. The van der Waals surface area contributed by atoms with Crippen molar-refractivity contribution in [3.8, 4) is 0 Å². The molecule has 0 spiro atoms. The number of thiophene rings is 1. The first-order chi connectivity index (χ1) is 12.6. The number of fused-ring (bicyclic) bond motifs is 2. The van der Waals surface area contributed by atoms with E-state index in [1.807, 2.05) is 38.4 Å². The molecule has 4 nitrogen and oxygen atoms in total. The largest absolute Gasteiger partial charge is 0.350 e. The Labute approximate surface area is 157 Å². The van der Waals surface area contributed by atoms with Crippen LogP contribution in [0.2, 0.25) is 0 Å². The Hall–Kier alpha value is -2.24. The lowest BCUT2D eigenvalue weighted by molar-refractivity contribution is 0.0942. The predicted molar refractivity (Wildman–Crippen MR) is 107 cm³/mol. The lowest BCUT2D eigenvalue weighted by Gasteiger charge is -2.24. The molecule has 5 heteroatoms.